The summed E-state index contributed by atoms with van der Waals surface area (Å²) in [5, 5.41) is 11.7. The van der Waals surface area contributed by atoms with E-state index in [1.807, 2.05) is 0 Å². The molecule has 0 radical (unpaired) electrons. The first-order valence-corrected chi connectivity index (χ1v) is 5.19. The fourth-order valence-corrected chi connectivity index (χ4v) is 1.53. The van der Waals surface area contributed by atoms with Crippen molar-refractivity contribution in [2.45, 2.75) is 6.92 Å². The topological polar surface area (TPSA) is 69.6 Å². The van der Waals surface area contributed by atoms with E-state index in [0.717, 1.165) is 0 Å². The van der Waals surface area contributed by atoms with E-state index in [0.29, 0.717) is 11.3 Å². The second-order valence-electron chi connectivity index (χ2n) is 4.09. The Morgan fingerprint density at radius 2 is 2.00 bits per heavy atom. The van der Waals surface area contributed by atoms with Crippen molar-refractivity contribution in [2.75, 3.05) is 26.0 Å². The minimum absolute atomic E-state index is 0.139. The van der Waals surface area contributed by atoms with Crippen LogP contribution in [-0.4, -0.2) is 42.5 Å². The van der Waals surface area contributed by atoms with Crippen molar-refractivity contribution < 1.29 is 14.7 Å². The lowest BCUT2D eigenvalue weighted by Gasteiger charge is -2.13. The van der Waals surface area contributed by atoms with Crippen LogP contribution in [0.5, 0.6) is 0 Å². The number of anilines is 1. The molecular weight excluding hydrogens is 220 g/mol. The van der Waals surface area contributed by atoms with Crippen LogP contribution in [0.25, 0.3) is 0 Å². The molecule has 1 amide bonds. The summed E-state index contributed by atoms with van der Waals surface area (Å²) >= 11 is 0. The van der Waals surface area contributed by atoms with Gasteiger partial charge in [0.25, 0.3) is 0 Å². The Balaban J connectivity index is 2.95. The summed E-state index contributed by atoms with van der Waals surface area (Å²) in [5.41, 5.74) is 1.10. The lowest BCUT2D eigenvalue weighted by molar-refractivity contribution is -0.116. The third kappa shape index (κ3) is 3.57. The molecule has 0 saturated heterocycles. The van der Waals surface area contributed by atoms with E-state index in [1.165, 1.54) is 0 Å². The fourth-order valence-electron chi connectivity index (χ4n) is 1.53. The highest BCUT2D eigenvalue weighted by Gasteiger charge is 2.14. The molecule has 5 heteroatoms. The van der Waals surface area contributed by atoms with Crippen LogP contribution in [0.4, 0.5) is 5.69 Å². The molecule has 0 heterocycles. The van der Waals surface area contributed by atoms with Gasteiger partial charge in [-0.15, -0.1) is 0 Å². The number of carbonyl (C=O) groups is 2. The molecule has 1 aromatic rings. The zero-order valence-electron chi connectivity index (χ0n) is 10.2. The van der Waals surface area contributed by atoms with Crippen LogP contribution in [0.2, 0.25) is 0 Å². The predicted octanol–water partition coefficient (Wildman–Crippen LogP) is 1.19. The van der Waals surface area contributed by atoms with Crippen LogP contribution in [0.3, 0.4) is 0 Å². The number of nitrogens with one attached hydrogen (secondary N) is 1. The number of hydrogen-bond acceptors (Lipinski definition) is 3. The molecule has 0 aliphatic rings. The Labute approximate surface area is 100 Å². The van der Waals surface area contributed by atoms with Gasteiger partial charge in [0.2, 0.25) is 5.91 Å². The second kappa shape index (κ2) is 5.45. The van der Waals surface area contributed by atoms with E-state index >= 15 is 0 Å². The van der Waals surface area contributed by atoms with Crippen molar-refractivity contribution in [3.63, 3.8) is 0 Å². The number of nitrogens with zero attached hydrogens (tertiary/aromatic N) is 1. The highest BCUT2D eigenvalue weighted by atomic mass is 16.4. The minimum Gasteiger partial charge on any atom is -0.478 e. The van der Waals surface area contributed by atoms with Crippen LogP contribution in [0.15, 0.2) is 18.2 Å². The molecule has 0 aromatic heterocycles. The number of carbonyl (C=O) groups excluding carboxylic acids is 1. The van der Waals surface area contributed by atoms with Gasteiger partial charge >= 0.3 is 5.97 Å². The van der Waals surface area contributed by atoms with Crippen molar-refractivity contribution in [2.24, 2.45) is 0 Å². The molecule has 92 valence electrons. The average Bonchev–Trinajstić information content (AvgIpc) is 2.15. The van der Waals surface area contributed by atoms with E-state index in [9.17, 15) is 9.59 Å². The van der Waals surface area contributed by atoms with Crippen LogP contribution in [0, 0.1) is 6.92 Å². The molecule has 0 spiro atoms. The maximum atomic E-state index is 11.6. The minimum atomic E-state index is -1.04. The van der Waals surface area contributed by atoms with E-state index in [4.69, 9.17) is 5.11 Å². The predicted molar refractivity (Wildman–Crippen MR) is 65.3 cm³/mol. The fraction of sp³-hybridized carbons (Fsp3) is 0.333. The van der Waals surface area contributed by atoms with E-state index < -0.39 is 5.97 Å². The number of likely N-dealkylation sites (N-methyl/N-ethyl adjacent to an activating group) is 1. The second-order valence-corrected chi connectivity index (χ2v) is 4.09. The van der Waals surface area contributed by atoms with Crippen molar-refractivity contribution in [3.8, 4) is 0 Å². The van der Waals surface area contributed by atoms with Crippen molar-refractivity contribution >= 4 is 17.6 Å². The Bertz CT molecular complexity index is 441. The number of aromatic carboxylic acids is 1. The first-order valence-electron chi connectivity index (χ1n) is 5.19. The number of aryl methyl sites for hydroxylation is 1. The molecule has 0 aliphatic heterocycles. The van der Waals surface area contributed by atoms with Gasteiger partial charge in [0.15, 0.2) is 0 Å². The zero-order valence-corrected chi connectivity index (χ0v) is 10.2. The third-order valence-corrected chi connectivity index (χ3v) is 2.22. The summed E-state index contributed by atoms with van der Waals surface area (Å²) in [5.74, 6) is -1.27. The molecule has 1 rings (SSSR count). The lowest BCUT2D eigenvalue weighted by Crippen LogP contribution is -2.27. The average molecular weight is 236 g/mol. The van der Waals surface area contributed by atoms with E-state index in [1.54, 1.807) is 44.1 Å². The first kappa shape index (κ1) is 13.2. The van der Waals surface area contributed by atoms with Gasteiger partial charge in [-0.2, -0.15) is 0 Å². The molecular formula is C12H16N2O3. The Hall–Kier alpha value is -1.88. The van der Waals surface area contributed by atoms with Crippen LogP contribution in [-0.2, 0) is 4.79 Å². The van der Waals surface area contributed by atoms with Gasteiger partial charge in [-0.1, -0.05) is 12.1 Å². The van der Waals surface area contributed by atoms with Gasteiger partial charge in [-0.3, -0.25) is 4.79 Å². The Kier molecular flexibility index (Phi) is 4.23. The number of carboxylic acids is 1. The molecule has 0 bridgehead atoms. The van der Waals surface area contributed by atoms with E-state index in [2.05, 4.69) is 5.32 Å². The van der Waals surface area contributed by atoms with Crippen LogP contribution >= 0.6 is 0 Å². The molecule has 5 nitrogen and oxygen atoms in total. The number of amides is 1. The van der Waals surface area contributed by atoms with Gasteiger partial charge in [-0.05, 0) is 32.6 Å². The Morgan fingerprint density at radius 1 is 1.35 bits per heavy atom. The first-order chi connectivity index (χ1) is 7.91. The molecule has 1 aromatic carbocycles. The maximum Gasteiger partial charge on any atom is 0.338 e. The van der Waals surface area contributed by atoms with Gasteiger partial charge in [0, 0.05) is 0 Å². The van der Waals surface area contributed by atoms with Gasteiger partial charge in [-0.25, -0.2) is 4.79 Å². The highest BCUT2D eigenvalue weighted by Crippen LogP contribution is 2.19. The normalized spacial score (nSPS) is 10.4. The summed E-state index contributed by atoms with van der Waals surface area (Å²) in [6, 6.07) is 5.00. The summed E-state index contributed by atoms with van der Waals surface area (Å²) in [6.45, 7) is 1.91. The van der Waals surface area contributed by atoms with Crippen molar-refractivity contribution in [1.29, 1.82) is 0 Å². The molecule has 0 saturated carbocycles. The number of benzene rings is 1. The SMILES string of the molecule is Cc1cccc(NC(=O)CN(C)C)c1C(=O)O. The molecule has 0 atom stereocenters. The summed E-state index contributed by atoms with van der Waals surface area (Å²) in [4.78, 5) is 24.4. The van der Waals surface area contributed by atoms with Gasteiger partial charge in [0.05, 0.1) is 17.8 Å². The van der Waals surface area contributed by atoms with Gasteiger partial charge < -0.3 is 15.3 Å². The lowest BCUT2D eigenvalue weighted by atomic mass is 10.1. The van der Waals surface area contributed by atoms with Crippen molar-refractivity contribution in [3.05, 3.63) is 29.3 Å². The Morgan fingerprint density at radius 3 is 2.53 bits per heavy atom. The molecule has 0 aliphatic carbocycles. The molecule has 0 unspecified atom stereocenters. The summed E-state index contributed by atoms with van der Waals surface area (Å²) < 4.78 is 0. The zero-order chi connectivity index (χ0) is 13.0. The summed E-state index contributed by atoms with van der Waals surface area (Å²) in [6.07, 6.45) is 0. The van der Waals surface area contributed by atoms with E-state index in [-0.39, 0.29) is 18.0 Å². The number of rotatable bonds is 4. The molecule has 2 N–H and O–H groups in total. The van der Waals surface area contributed by atoms with Crippen molar-refractivity contribution in [1.82, 2.24) is 4.90 Å². The monoisotopic (exact) mass is 236 g/mol. The molecule has 0 fully saturated rings. The standard InChI is InChI=1S/C12H16N2O3/c1-8-5-4-6-9(11(8)12(16)17)13-10(15)7-14(2)3/h4-6H,7H2,1-3H3,(H,13,15)(H,16,17). The van der Waals surface area contributed by atoms with Crippen LogP contribution < -0.4 is 5.32 Å². The maximum absolute atomic E-state index is 11.6. The highest BCUT2D eigenvalue weighted by molar-refractivity contribution is 6.02. The quantitative estimate of drug-likeness (QED) is 0.824. The van der Waals surface area contributed by atoms with Crippen LogP contribution in [0.1, 0.15) is 15.9 Å². The van der Waals surface area contributed by atoms with Gasteiger partial charge in [0.1, 0.15) is 0 Å². The number of hydrogen-bond donors (Lipinski definition) is 2. The molecule has 17 heavy (non-hydrogen) atoms. The summed E-state index contributed by atoms with van der Waals surface area (Å²) in [7, 11) is 3.54. The number of carboxylic acid groups (broad SMARTS) is 1. The smallest absolute Gasteiger partial charge is 0.338 e. The third-order valence-electron chi connectivity index (χ3n) is 2.22. The largest absolute Gasteiger partial charge is 0.478 e.